The Kier molecular flexibility index (Phi) is 1.99. The number of rotatable bonds is 0. The first-order chi connectivity index (χ1) is 3.55. The summed E-state index contributed by atoms with van der Waals surface area (Å²) in [5.41, 5.74) is 4.61. The summed E-state index contributed by atoms with van der Waals surface area (Å²) in [6.07, 6.45) is 0. The summed E-state index contributed by atoms with van der Waals surface area (Å²) in [6.45, 7) is 0. The second kappa shape index (κ2) is 2.30. The molecule has 0 saturated carbocycles. The maximum Gasteiger partial charge on any atom is 0.311 e. The smallest absolute Gasteiger partial charge is 0.311 e. The molecule has 0 bridgehead atoms. The van der Waals surface area contributed by atoms with E-state index >= 15 is 0 Å². The number of hydrogen-bond acceptors (Lipinski definition) is 2. The molecular weight excluding hydrogens is 108 g/mol. The Morgan fingerprint density at radius 2 is 1.75 bits per heavy atom. The van der Waals surface area contributed by atoms with Crippen molar-refractivity contribution in [3.8, 4) is 0 Å². The topological polar surface area (TPSA) is 63.4 Å². The summed E-state index contributed by atoms with van der Waals surface area (Å²) in [6, 6.07) is 0. The molecule has 2 amide bonds. The zero-order chi connectivity index (χ0) is 6.73. The van der Waals surface area contributed by atoms with Crippen LogP contribution >= 0.6 is 0 Å². The van der Waals surface area contributed by atoms with Crippen molar-refractivity contribution in [2.24, 2.45) is 5.73 Å². The maximum atomic E-state index is 10.3. The van der Waals surface area contributed by atoms with Crippen LogP contribution in [0.4, 0.5) is 0 Å². The van der Waals surface area contributed by atoms with Gasteiger partial charge in [-0.3, -0.25) is 9.59 Å². The first-order valence-electron chi connectivity index (χ1n) is 2.06. The van der Waals surface area contributed by atoms with Crippen molar-refractivity contribution >= 4 is 11.8 Å². The van der Waals surface area contributed by atoms with Crippen LogP contribution in [0.2, 0.25) is 0 Å². The number of hydrogen-bond donors (Lipinski definition) is 1. The van der Waals surface area contributed by atoms with E-state index in [1.165, 1.54) is 14.1 Å². The largest absolute Gasteiger partial charge is 0.361 e. The van der Waals surface area contributed by atoms with Gasteiger partial charge < -0.3 is 10.6 Å². The Balaban J connectivity index is 3.84. The third-order valence-corrected chi connectivity index (χ3v) is 0.617. The highest BCUT2D eigenvalue weighted by atomic mass is 16.2. The number of carbonyl (C=O) groups excluding carboxylic acids is 2. The van der Waals surface area contributed by atoms with Gasteiger partial charge in [-0.15, -0.1) is 0 Å². The average molecular weight is 116 g/mol. The van der Waals surface area contributed by atoms with Crippen LogP contribution in [-0.2, 0) is 9.59 Å². The molecule has 8 heavy (non-hydrogen) atoms. The van der Waals surface area contributed by atoms with E-state index in [9.17, 15) is 9.59 Å². The summed E-state index contributed by atoms with van der Waals surface area (Å²) >= 11 is 0. The predicted molar refractivity (Wildman–Crippen MR) is 27.9 cm³/mol. The molecule has 0 radical (unpaired) electrons. The van der Waals surface area contributed by atoms with Crippen molar-refractivity contribution in [3.63, 3.8) is 0 Å². The van der Waals surface area contributed by atoms with Gasteiger partial charge in [0, 0.05) is 14.1 Å². The van der Waals surface area contributed by atoms with E-state index in [1.54, 1.807) is 0 Å². The third-order valence-electron chi connectivity index (χ3n) is 0.617. The second-order valence-corrected chi connectivity index (χ2v) is 1.56. The number of primary amides is 1. The Hall–Kier alpha value is -1.06. The van der Waals surface area contributed by atoms with Crippen LogP contribution in [0.5, 0.6) is 0 Å². The minimum absolute atomic E-state index is 0.676. The molecule has 0 rings (SSSR count). The van der Waals surface area contributed by atoms with Crippen LogP contribution in [0.15, 0.2) is 0 Å². The van der Waals surface area contributed by atoms with E-state index in [2.05, 4.69) is 5.73 Å². The molecule has 0 aromatic heterocycles. The first-order valence-corrected chi connectivity index (χ1v) is 2.06. The highest BCUT2D eigenvalue weighted by Gasteiger charge is 2.08. The molecule has 46 valence electrons. The number of likely N-dealkylation sites (N-methyl/N-ethyl adjacent to an activating group) is 1. The van der Waals surface area contributed by atoms with Gasteiger partial charge in [-0.1, -0.05) is 0 Å². The Labute approximate surface area is 47.3 Å². The molecule has 0 aliphatic carbocycles. The SMILES string of the molecule is CN(C)C(=O)C(N)=O. The van der Waals surface area contributed by atoms with Gasteiger partial charge in [0.1, 0.15) is 0 Å². The van der Waals surface area contributed by atoms with E-state index < -0.39 is 11.8 Å². The van der Waals surface area contributed by atoms with Crippen LogP contribution in [0, 0.1) is 0 Å². The summed E-state index contributed by atoms with van der Waals surface area (Å²) in [4.78, 5) is 21.4. The van der Waals surface area contributed by atoms with Crippen molar-refractivity contribution in [2.45, 2.75) is 0 Å². The van der Waals surface area contributed by atoms with Crippen molar-refractivity contribution in [1.29, 1.82) is 0 Å². The lowest BCUT2D eigenvalue weighted by Crippen LogP contribution is -2.34. The quantitative estimate of drug-likeness (QED) is 0.394. The summed E-state index contributed by atoms with van der Waals surface area (Å²) in [5.74, 6) is -1.60. The van der Waals surface area contributed by atoms with Crippen molar-refractivity contribution in [1.82, 2.24) is 4.90 Å². The van der Waals surface area contributed by atoms with Gasteiger partial charge >= 0.3 is 11.8 Å². The molecule has 2 N–H and O–H groups in total. The van der Waals surface area contributed by atoms with E-state index in [0.717, 1.165) is 4.90 Å². The fraction of sp³-hybridized carbons (Fsp3) is 0.500. The lowest BCUT2D eigenvalue weighted by atomic mass is 10.5. The van der Waals surface area contributed by atoms with E-state index in [4.69, 9.17) is 0 Å². The zero-order valence-corrected chi connectivity index (χ0v) is 4.84. The number of nitrogens with zero attached hydrogens (tertiary/aromatic N) is 1. The molecule has 0 fully saturated rings. The van der Waals surface area contributed by atoms with Gasteiger partial charge in [-0.25, -0.2) is 0 Å². The predicted octanol–water partition coefficient (Wildman–Crippen LogP) is -1.44. The fourth-order valence-electron chi connectivity index (χ4n) is 0.220. The monoisotopic (exact) mass is 116 g/mol. The van der Waals surface area contributed by atoms with Crippen LogP contribution in [0.3, 0.4) is 0 Å². The molecule has 0 spiro atoms. The molecule has 0 atom stereocenters. The van der Waals surface area contributed by atoms with Crippen molar-refractivity contribution < 1.29 is 9.59 Å². The molecule has 0 saturated heterocycles. The molecule has 0 heterocycles. The van der Waals surface area contributed by atoms with Crippen LogP contribution < -0.4 is 5.73 Å². The minimum atomic E-state index is -0.921. The van der Waals surface area contributed by atoms with Crippen molar-refractivity contribution in [2.75, 3.05) is 14.1 Å². The molecule has 0 aliphatic rings. The number of amides is 2. The van der Waals surface area contributed by atoms with Gasteiger partial charge in [0.25, 0.3) is 0 Å². The van der Waals surface area contributed by atoms with Gasteiger partial charge in [-0.05, 0) is 0 Å². The normalized spacial score (nSPS) is 8.25. The zero-order valence-electron chi connectivity index (χ0n) is 4.84. The third kappa shape index (κ3) is 1.59. The molecule has 4 nitrogen and oxygen atoms in total. The summed E-state index contributed by atoms with van der Waals surface area (Å²) in [7, 11) is 2.93. The van der Waals surface area contributed by atoms with Crippen LogP contribution in [-0.4, -0.2) is 30.8 Å². The van der Waals surface area contributed by atoms with E-state index in [0.29, 0.717) is 0 Å². The van der Waals surface area contributed by atoms with Crippen LogP contribution in [0.25, 0.3) is 0 Å². The van der Waals surface area contributed by atoms with E-state index in [1.807, 2.05) is 0 Å². The van der Waals surface area contributed by atoms with Gasteiger partial charge in [0.05, 0.1) is 0 Å². The van der Waals surface area contributed by atoms with Crippen molar-refractivity contribution in [3.05, 3.63) is 0 Å². The number of carbonyl (C=O) groups is 2. The Morgan fingerprint density at radius 1 is 1.38 bits per heavy atom. The molecule has 0 aromatic carbocycles. The fourth-order valence-corrected chi connectivity index (χ4v) is 0.220. The Morgan fingerprint density at radius 3 is 1.75 bits per heavy atom. The maximum absolute atomic E-state index is 10.3. The van der Waals surface area contributed by atoms with Crippen LogP contribution in [0.1, 0.15) is 0 Å². The lowest BCUT2D eigenvalue weighted by Gasteiger charge is -2.04. The summed E-state index contributed by atoms with van der Waals surface area (Å²) in [5, 5.41) is 0. The highest BCUT2D eigenvalue weighted by Crippen LogP contribution is 1.72. The molecule has 4 heteroatoms. The lowest BCUT2D eigenvalue weighted by molar-refractivity contribution is -0.142. The molecule has 0 aliphatic heterocycles. The molecule has 0 unspecified atom stereocenters. The van der Waals surface area contributed by atoms with E-state index in [-0.39, 0.29) is 0 Å². The standard InChI is InChI=1S/C4H8N2O2/c1-6(2)4(8)3(5)7/h1-2H3,(H2,5,7). The van der Waals surface area contributed by atoms with Gasteiger partial charge in [0.2, 0.25) is 0 Å². The summed E-state index contributed by atoms with van der Waals surface area (Å²) < 4.78 is 0. The minimum Gasteiger partial charge on any atom is -0.361 e. The molecular formula is C4H8N2O2. The number of nitrogens with two attached hydrogens (primary N) is 1. The van der Waals surface area contributed by atoms with Gasteiger partial charge in [-0.2, -0.15) is 0 Å². The molecule has 0 aromatic rings. The highest BCUT2D eigenvalue weighted by molar-refractivity contribution is 6.34. The first kappa shape index (κ1) is 6.94. The Bertz CT molecular complexity index is 119. The average Bonchev–Trinajstić information content (AvgIpc) is 1.64. The van der Waals surface area contributed by atoms with Gasteiger partial charge in [0.15, 0.2) is 0 Å². The second-order valence-electron chi connectivity index (χ2n) is 1.56.